The first-order valence-corrected chi connectivity index (χ1v) is 9.43. The molecule has 1 unspecified atom stereocenters. The van der Waals surface area contributed by atoms with E-state index in [0.717, 1.165) is 16.7 Å². The number of nitrogens with zero attached hydrogens (tertiary/aromatic N) is 4. The molecule has 1 aliphatic rings. The molecule has 11 heteroatoms. The average Bonchev–Trinajstić information content (AvgIpc) is 3.18. The standard InChI is InChI=1S/C20H19F3N6O2/c1-10-13-6-12(7-24-19(13)28(2)27-10)25-14-5-3-4-11-8-29(20(31)16(11)14)9-15(30)26-18(23)17(21)22/h3-7,17-18,25H,8-9H2,1-2H3,(H,26,30). The smallest absolute Gasteiger partial charge is 0.287 e. The van der Waals surface area contributed by atoms with Gasteiger partial charge in [0.25, 0.3) is 12.3 Å². The molecule has 0 bridgehead atoms. The van der Waals surface area contributed by atoms with Gasteiger partial charge in [-0.15, -0.1) is 0 Å². The van der Waals surface area contributed by atoms with Gasteiger partial charge in [-0.25, -0.2) is 18.2 Å². The van der Waals surface area contributed by atoms with Crippen molar-refractivity contribution in [3.63, 3.8) is 0 Å². The van der Waals surface area contributed by atoms with Gasteiger partial charge in [-0.3, -0.25) is 14.3 Å². The van der Waals surface area contributed by atoms with E-state index < -0.39 is 31.1 Å². The highest BCUT2D eigenvalue weighted by molar-refractivity contribution is 6.05. The summed E-state index contributed by atoms with van der Waals surface area (Å²) in [4.78, 5) is 30.3. The van der Waals surface area contributed by atoms with Crippen LogP contribution >= 0.6 is 0 Å². The number of pyridine rings is 1. The lowest BCUT2D eigenvalue weighted by molar-refractivity contribution is -0.125. The Morgan fingerprint density at radius 2 is 2.06 bits per heavy atom. The molecule has 1 aromatic carbocycles. The third kappa shape index (κ3) is 3.90. The first kappa shape index (κ1) is 20.6. The van der Waals surface area contributed by atoms with Crippen molar-refractivity contribution in [3.05, 3.63) is 47.3 Å². The lowest BCUT2D eigenvalue weighted by Gasteiger charge is -2.17. The van der Waals surface area contributed by atoms with Gasteiger partial charge in [0.15, 0.2) is 5.65 Å². The van der Waals surface area contributed by atoms with Gasteiger partial charge in [-0.1, -0.05) is 12.1 Å². The van der Waals surface area contributed by atoms with Gasteiger partial charge in [0.1, 0.15) is 6.54 Å². The fourth-order valence-corrected chi connectivity index (χ4v) is 3.62. The van der Waals surface area contributed by atoms with Crippen LogP contribution in [-0.2, 0) is 18.4 Å². The third-order valence-electron chi connectivity index (χ3n) is 5.01. The minimum absolute atomic E-state index is 0.113. The molecule has 3 heterocycles. The molecule has 3 aromatic rings. The Morgan fingerprint density at radius 3 is 2.81 bits per heavy atom. The van der Waals surface area contributed by atoms with Crippen LogP contribution < -0.4 is 10.6 Å². The number of halogens is 3. The predicted molar refractivity (Wildman–Crippen MR) is 107 cm³/mol. The quantitative estimate of drug-likeness (QED) is 0.585. The maximum Gasteiger partial charge on any atom is 0.287 e. The number of hydrogen-bond donors (Lipinski definition) is 2. The van der Waals surface area contributed by atoms with Crippen LogP contribution in [0.4, 0.5) is 24.5 Å². The zero-order valence-electron chi connectivity index (χ0n) is 16.7. The number of amides is 2. The topological polar surface area (TPSA) is 92.2 Å². The molecule has 0 fully saturated rings. The molecular weight excluding hydrogens is 413 g/mol. The molecule has 1 atom stereocenters. The van der Waals surface area contributed by atoms with E-state index in [1.54, 1.807) is 41.4 Å². The van der Waals surface area contributed by atoms with Crippen LogP contribution in [0.3, 0.4) is 0 Å². The molecule has 0 aliphatic carbocycles. The normalized spacial score (nSPS) is 14.3. The number of carbonyl (C=O) groups excluding carboxylic acids is 2. The summed E-state index contributed by atoms with van der Waals surface area (Å²) in [5.41, 5.74) is 3.74. The van der Waals surface area contributed by atoms with Gasteiger partial charge in [0.2, 0.25) is 12.2 Å². The van der Waals surface area contributed by atoms with Gasteiger partial charge in [-0.2, -0.15) is 5.10 Å². The Morgan fingerprint density at radius 1 is 1.29 bits per heavy atom. The van der Waals surface area contributed by atoms with E-state index in [1.165, 1.54) is 4.90 Å². The van der Waals surface area contributed by atoms with Crippen molar-refractivity contribution < 1.29 is 22.8 Å². The lowest BCUT2D eigenvalue weighted by atomic mass is 10.1. The van der Waals surface area contributed by atoms with Crippen LogP contribution in [0.1, 0.15) is 21.6 Å². The Labute approximate surface area is 175 Å². The minimum atomic E-state index is -3.33. The maximum absolute atomic E-state index is 13.1. The van der Waals surface area contributed by atoms with Gasteiger partial charge in [-0.05, 0) is 24.6 Å². The van der Waals surface area contributed by atoms with Crippen molar-refractivity contribution in [3.8, 4) is 0 Å². The van der Waals surface area contributed by atoms with E-state index in [2.05, 4.69) is 15.4 Å². The van der Waals surface area contributed by atoms with E-state index >= 15 is 0 Å². The van der Waals surface area contributed by atoms with E-state index in [-0.39, 0.29) is 6.54 Å². The second kappa shape index (κ2) is 7.89. The van der Waals surface area contributed by atoms with Crippen LogP contribution in [0, 0.1) is 6.92 Å². The van der Waals surface area contributed by atoms with E-state index in [1.807, 2.05) is 13.0 Å². The predicted octanol–water partition coefficient (Wildman–Crippen LogP) is 2.65. The van der Waals surface area contributed by atoms with E-state index in [0.29, 0.717) is 22.5 Å². The number of carbonyl (C=O) groups is 2. The monoisotopic (exact) mass is 432 g/mol. The fourth-order valence-electron chi connectivity index (χ4n) is 3.62. The van der Waals surface area contributed by atoms with Crippen molar-refractivity contribution >= 4 is 34.2 Å². The molecule has 0 saturated heterocycles. The highest BCUT2D eigenvalue weighted by atomic mass is 19.3. The summed E-state index contributed by atoms with van der Waals surface area (Å²) in [7, 11) is 1.80. The van der Waals surface area contributed by atoms with Gasteiger partial charge >= 0.3 is 0 Å². The van der Waals surface area contributed by atoms with Crippen LogP contribution in [0.2, 0.25) is 0 Å². The van der Waals surface area contributed by atoms with Crippen LogP contribution in [-0.4, -0.2) is 50.7 Å². The number of aromatic nitrogens is 3. The highest BCUT2D eigenvalue weighted by Crippen LogP contribution is 2.32. The number of fused-ring (bicyclic) bond motifs is 2. The molecule has 31 heavy (non-hydrogen) atoms. The summed E-state index contributed by atoms with van der Waals surface area (Å²) in [6, 6.07) is 7.09. The van der Waals surface area contributed by atoms with E-state index in [4.69, 9.17) is 0 Å². The van der Waals surface area contributed by atoms with E-state index in [9.17, 15) is 22.8 Å². The van der Waals surface area contributed by atoms with Crippen molar-refractivity contribution in [1.29, 1.82) is 0 Å². The van der Waals surface area contributed by atoms with Gasteiger partial charge in [0, 0.05) is 19.0 Å². The highest BCUT2D eigenvalue weighted by Gasteiger charge is 2.32. The first-order chi connectivity index (χ1) is 14.7. The molecule has 0 saturated carbocycles. The molecule has 2 aromatic heterocycles. The van der Waals surface area contributed by atoms with Gasteiger partial charge < -0.3 is 15.5 Å². The van der Waals surface area contributed by atoms with Crippen molar-refractivity contribution in [2.24, 2.45) is 7.05 Å². The summed E-state index contributed by atoms with van der Waals surface area (Å²) >= 11 is 0. The van der Waals surface area contributed by atoms with Gasteiger partial charge in [0.05, 0.1) is 28.8 Å². The average molecular weight is 432 g/mol. The second-order valence-electron chi connectivity index (χ2n) is 7.23. The Kier molecular flexibility index (Phi) is 5.25. The minimum Gasteiger partial charge on any atom is -0.354 e. The molecule has 4 rings (SSSR count). The number of anilines is 2. The summed E-state index contributed by atoms with van der Waals surface area (Å²) in [6.45, 7) is 1.46. The summed E-state index contributed by atoms with van der Waals surface area (Å²) in [6.07, 6.45) is -4.48. The molecule has 0 radical (unpaired) electrons. The number of nitrogens with one attached hydrogen (secondary N) is 2. The Bertz CT molecular complexity index is 1180. The molecule has 162 valence electrons. The molecule has 1 aliphatic heterocycles. The number of benzene rings is 1. The Hall–Kier alpha value is -3.63. The van der Waals surface area contributed by atoms with Crippen molar-refractivity contribution in [2.45, 2.75) is 26.2 Å². The van der Waals surface area contributed by atoms with Crippen LogP contribution in [0.25, 0.3) is 11.0 Å². The SMILES string of the molecule is Cc1nn(C)c2ncc(Nc3cccc4c3C(=O)N(CC(=O)NC(F)C(F)F)C4)cc12. The molecule has 8 nitrogen and oxygen atoms in total. The maximum atomic E-state index is 13.1. The number of aryl methyl sites for hydroxylation is 2. The summed E-state index contributed by atoms with van der Waals surface area (Å²) in [5, 5.41) is 9.92. The van der Waals surface area contributed by atoms with Crippen LogP contribution in [0.15, 0.2) is 30.5 Å². The summed E-state index contributed by atoms with van der Waals surface area (Å²) in [5.74, 6) is -1.45. The molecule has 2 N–H and O–H groups in total. The fraction of sp³-hybridized carbons (Fsp3) is 0.300. The largest absolute Gasteiger partial charge is 0.354 e. The zero-order chi connectivity index (χ0) is 22.3. The zero-order valence-corrected chi connectivity index (χ0v) is 16.7. The summed E-state index contributed by atoms with van der Waals surface area (Å²) < 4.78 is 39.3. The second-order valence-corrected chi connectivity index (χ2v) is 7.23. The van der Waals surface area contributed by atoms with Crippen molar-refractivity contribution in [1.82, 2.24) is 25.0 Å². The third-order valence-corrected chi connectivity index (χ3v) is 5.01. The lowest BCUT2D eigenvalue weighted by Crippen LogP contribution is -2.43. The van der Waals surface area contributed by atoms with Crippen molar-refractivity contribution in [2.75, 3.05) is 11.9 Å². The first-order valence-electron chi connectivity index (χ1n) is 9.43. The number of rotatable bonds is 6. The molecule has 2 amide bonds. The molecule has 0 spiro atoms. The number of alkyl halides is 3. The Balaban J connectivity index is 1.54. The molecular formula is C20H19F3N6O2. The van der Waals surface area contributed by atoms with Crippen LogP contribution in [0.5, 0.6) is 0 Å². The number of hydrogen-bond acceptors (Lipinski definition) is 5.